The van der Waals surface area contributed by atoms with Crippen LogP contribution in [0.5, 0.6) is 0 Å². The molecule has 1 heterocycles. The summed E-state index contributed by atoms with van der Waals surface area (Å²) in [5.74, 6) is 0. The zero-order valence-electron chi connectivity index (χ0n) is 12.2. The molecule has 1 aromatic heterocycles. The Bertz CT molecular complexity index is 516. The van der Waals surface area contributed by atoms with Gasteiger partial charge in [-0.05, 0) is 12.0 Å². The molecule has 0 aliphatic heterocycles. The Morgan fingerprint density at radius 2 is 2.10 bits per heavy atom. The van der Waals surface area contributed by atoms with Crippen LogP contribution in [0.25, 0.3) is 0 Å². The number of rotatable bonds is 9. The molecule has 0 saturated heterocycles. The van der Waals surface area contributed by atoms with E-state index in [0.717, 1.165) is 12.0 Å². The molecule has 21 heavy (non-hydrogen) atoms. The van der Waals surface area contributed by atoms with Crippen LogP contribution in [0.1, 0.15) is 23.8 Å². The number of methoxy groups -OCH3 is 1. The Hall–Kier alpha value is -1.76. The molecular formula is C15H21N3O3. The third-order valence-electron chi connectivity index (χ3n) is 3.08. The topological polar surface area (TPSA) is 69.4 Å². The summed E-state index contributed by atoms with van der Waals surface area (Å²) < 4.78 is 12.2. The van der Waals surface area contributed by atoms with Gasteiger partial charge in [-0.2, -0.15) is 0 Å². The lowest BCUT2D eigenvalue weighted by molar-refractivity contribution is 0.0577. The zero-order valence-corrected chi connectivity index (χ0v) is 12.2. The Labute approximate surface area is 124 Å². The van der Waals surface area contributed by atoms with Crippen molar-refractivity contribution in [2.75, 3.05) is 20.3 Å². The number of aliphatic hydroxyl groups excluding tert-OH is 1. The van der Waals surface area contributed by atoms with E-state index in [-0.39, 0.29) is 6.61 Å². The number of ether oxygens (including phenoxy) is 2. The average molecular weight is 291 g/mol. The second-order valence-corrected chi connectivity index (χ2v) is 4.74. The highest BCUT2D eigenvalue weighted by atomic mass is 16.5. The van der Waals surface area contributed by atoms with E-state index in [2.05, 4.69) is 10.3 Å². The van der Waals surface area contributed by atoms with Gasteiger partial charge in [0.1, 0.15) is 6.10 Å². The van der Waals surface area contributed by atoms with E-state index in [1.54, 1.807) is 18.0 Å². The monoisotopic (exact) mass is 291 g/mol. The number of aryl methyl sites for hydroxylation is 1. The van der Waals surface area contributed by atoms with Gasteiger partial charge in [-0.3, -0.25) is 0 Å². The summed E-state index contributed by atoms with van der Waals surface area (Å²) in [6, 6.07) is 10.1. The first-order chi connectivity index (χ1) is 10.3. The summed E-state index contributed by atoms with van der Waals surface area (Å²) in [6.07, 6.45) is 1.67. The lowest BCUT2D eigenvalue weighted by Gasteiger charge is -2.11. The van der Waals surface area contributed by atoms with Crippen LogP contribution in [-0.4, -0.2) is 40.4 Å². The van der Waals surface area contributed by atoms with E-state index in [4.69, 9.17) is 9.47 Å². The highest BCUT2D eigenvalue weighted by Crippen LogP contribution is 2.11. The quantitative estimate of drug-likeness (QED) is 0.710. The minimum Gasteiger partial charge on any atom is -0.384 e. The highest BCUT2D eigenvalue weighted by Gasteiger charge is 2.13. The minimum atomic E-state index is -0.699. The summed E-state index contributed by atoms with van der Waals surface area (Å²) in [7, 11) is 1.55. The summed E-state index contributed by atoms with van der Waals surface area (Å²) in [6.45, 7) is 2.13. The van der Waals surface area contributed by atoms with Gasteiger partial charge >= 0.3 is 0 Å². The molecule has 6 nitrogen and oxygen atoms in total. The van der Waals surface area contributed by atoms with Crippen molar-refractivity contribution in [2.24, 2.45) is 0 Å². The van der Waals surface area contributed by atoms with Crippen LogP contribution >= 0.6 is 0 Å². The molecule has 2 rings (SSSR count). The van der Waals surface area contributed by atoms with Crippen molar-refractivity contribution < 1.29 is 14.6 Å². The third-order valence-corrected chi connectivity index (χ3v) is 3.08. The molecule has 0 spiro atoms. The molecule has 1 aromatic carbocycles. The van der Waals surface area contributed by atoms with Crippen molar-refractivity contribution in [1.82, 2.24) is 15.0 Å². The smallest absolute Gasteiger partial charge is 0.120 e. The predicted octanol–water partition coefficient (Wildman–Crippen LogP) is 1.56. The number of hydrogen-bond donors (Lipinski definition) is 1. The van der Waals surface area contributed by atoms with Gasteiger partial charge < -0.3 is 14.6 Å². The second-order valence-electron chi connectivity index (χ2n) is 4.74. The molecule has 1 N–H and O–H groups in total. The Morgan fingerprint density at radius 1 is 1.29 bits per heavy atom. The minimum absolute atomic E-state index is 0.234. The van der Waals surface area contributed by atoms with E-state index in [0.29, 0.717) is 25.5 Å². The maximum atomic E-state index is 9.88. The van der Waals surface area contributed by atoms with Crippen LogP contribution in [-0.2, 0) is 22.6 Å². The standard InChI is InChI=1S/C15H21N3O3/c1-20-12-15(19)14-10-16-17-18(14)8-5-9-21-11-13-6-3-2-4-7-13/h2-4,6-7,10,15,19H,5,8-9,11-12H2,1H3/t15-/m0/s1. The summed E-state index contributed by atoms with van der Waals surface area (Å²) in [5, 5.41) is 17.7. The van der Waals surface area contributed by atoms with Crippen molar-refractivity contribution >= 4 is 0 Å². The number of hydrogen-bond acceptors (Lipinski definition) is 5. The molecule has 0 radical (unpaired) electrons. The van der Waals surface area contributed by atoms with Gasteiger partial charge in [-0.15, -0.1) is 5.10 Å². The van der Waals surface area contributed by atoms with E-state index >= 15 is 0 Å². The molecule has 0 aliphatic rings. The van der Waals surface area contributed by atoms with E-state index in [9.17, 15) is 5.11 Å². The van der Waals surface area contributed by atoms with Gasteiger partial charge in [0.05, 0.1) is 25.1 Å². The second kappa shape index (κ2) is 8.51. The van der Waals surface area contributed by atoms with Gasteiger partial charge in [0, 0.05) is 20.3 Å². The van der Waals surface area contributed by atoms with Crippen LogP contribution in [0.3, 0.4) is 0 Å². The van der Waals surface area contributed by atoms with Crippen LogP contribution in [0.2, 0.25) is 0 Å². The van der Waals surface area contributed by atoms with Crippen LogP contribution in [0.4, 0.5) is 0 Å². The average Bonchev–Trinajstić information content (AvgIpc) is 2.97. The number of aliphatic hydroxyl groups is 1. The fraction of sp³-hybridized carbons (Fsp3) is 0.467. The van der Waals surface area contributed by atoms with Gasteiger partial charge in [0.25, 0.3) is 0 Å². The number of benzene rings is 1. The molecular weight excluding hydrogens is 270 g/mol. The molecule has 0 unspecified atom stereocenters. The molecule has 0 amide bonds. The van der Waals surface area contributed by atoms with Gasteiger partial charge in [-0.25, -0.2) is 4.68 Å². The lowest BCUT2D eigenvalue weighted by Crippen LogP contribution is -2.14. The molecule has 2 aromatic rings. The van der Waals surface area contributed by atoms with Gasteiger partial charge in [0.2, 0.25) is 0 Å². The van der Waals surface area contributed by atoms with Gasteiger partial charge in [0.15, 0.2) is 0 Å². The lowest BCUT2D eigenvalue weighted by atomic mass is 10.2. The first kappa shape index (κ1) is 15.6. The maximum Gasteiger partial charge on any atom is 0.120 e. The Morgan fingerprint density at radius 3 is 2.86 bits per heavy atom. The molecule has 1 atom stereocenters. The summed E-state index contributed by atoms with van der Waals surface area (Å²) in [4.78, 5) is 0. The van der Waals surface area contributed by atoms with Gasteiger partial charge in [-0.1, -0.05) is 35.5 Å². The summed E-state index contributed by atoms with van der Waals surface area (Å²) in [5.41, 5.74) is 1.83. The van der Waals surface area contributed by atoms with Crippen molar-refractivity contribution in [3.8, 4) is 0 Å². The Balaban J connectivity index is 1.70. The van der Waals surface area contributed by atoms with Crippen LogP contribution < -0.4 is 0 Å². The Kier molecular flexibility index (Phi) is 6.33. The molecule has 114 valence electrons. The first-order valence-corrected chi connectivity index (χ1v) is 6.98. The first-order valence-electron chi connectivity index (χ1n) is 6.98. The molecule has 0 fully saturated rings. The number of aromatic nitrogens is 3. The van der Waals surface area contributed by atoms with E-state index < -0.39 is 6.10 Å². The highest BCUT2D eigenvalue weighted by molar-refractivity contribution is 5.13. The SMILES string of the molecule is COC[C@H](O)c1cnnn1CCCOCc1ccccc1. The van der Waals surface area contributed by atoms with Crippen LogP contribution in [0, 0.1) is 0 Å². The predicted molar refractivity (Wildman–Crippen MR) is 77.6 cm³/mol. The number of nitrogens with zero attached hydrogens (tertiary/aromatic N) is 3. The van der Waals surface area contributed by atoms with E-state index in [1.807, 2.05) is 30.3 Å². The fourth-order valence-electron chi connectivity index (χ4n) is 2.02. The fourth-order valence-corrected chi connectivity index (χ4v) is 2.02. The molecule has 6 heteroatoms. The normalized spacial score (nSPS) is 12.5. The molecule has 0 bridgehead atoms. The third kappa shape index (κ3) is 4.93. The van der Waals surface area contributed by atoms with Crippen molar-refractivity contribution in [2.45, 2.75) is 25.7 Å². The summed E-state index contributed by atoms with van der Waals surface area (Å²) >= 11 is 0. The zero-order chi connectivity index (χ0) is 14.9. The molecule has 0 aliphatic carbocycles. The largest absolute Gasteiger partial charge is 0.384 e. The van der Waals surface area contributed by atoms with Crippen molar-refractivity contribution in [3.63, 3.8) is 0 Å². The van der Waals surface area contributed by atoms with Crippen LogP contribution in [0.15, 0.2) is 36.5 Å². The van der Waals surface area contributed by atoms with Crippen molar-refractivity contribution in [3.05, 3.63) is 47.8 Å². The molecule has 0 saturated carbocycles. The van der Waals surface area contributed by atoms with E-state index in [1.165, 1.54) is 0 Å². The van der Waals surface area contributed by atoms with Crippen molar-refractivity contribution in [1.29, 1.82) is 0 Å². The maximum absolute atomic E-state index is 9.88.